The summed E-state index contributed by atoms with van der Waals surface area (Å²) in [5, 5.41) is 7.52. The van der Waals surface area contributed by atoms with E-state index in [-0.39, 0.29) is 0 Å². The molecule has 0 saturated heterocycles. The van der Waals surface area contributed by atoms with Crippen molar-refractivity contribution in [1.29, 1.82) is 0 Å². The predicted molar refractivity (Wildman–Crippen MR) is 102 cm³/mol. The molecule has 0 amide bonds. The van der Waals surface area contributed by atoms with E-state index in [4.69, 9.17) is 21.7 Å². The van der Waals surface area contributed by atoms with Crippen LogP contribution in [0.5, 0.6) is 11.5 Å². The first-order valence-electron chi connectivity index (χ1n) is 7.29. The molecule has 0 aliphatic heterocycles. The maximum Gasteiger partial charge on any atom is 0.191 e. The smallest absolute Gasteiger partial charge is 0.191 e. The summed E-state index contributed by atoms with van der Waals surface area (Å²) in [4.78, 5) is 0. The minimum Gasteiger partial charge on any atom is -0.495 e. The summed E-state index contributed by atoms with van der Waals surface area (Å²) in [6, 6.07) is 15.1. The van der Waals surface area contributed by atoms with Crippen LogP contribution in [0.15, 0.2) is 66.3 Å². The number of benzene rings is 2. The lowest BCUT2D eigenvalue weighted by molar-refractivity contribution is 0.363. The quantitative estimate of drug-likeness (QED) is 0.349. The van der Waals surface area contributed by atoms with E-state index < -0.39 is 0 Å². The summed E-state index contributed by atoms with van der Waals surface area (Å²) < 4.78 is 10.7. The van der Waals surface area contributed by atoms with E-state index in [2.05, 4.69) is 22.4 Å². The zero-order valence-electron chi connectivity index (χ0n) is 13.4. The summed E-state index contributed by atoms with van der Waals surface area (Å²) in [5.41, 5.74) is 4.43. The molecule has 2 N–H and O–H groups in total. The van der Waals surface area contributed by atoms with Crippen molar-refractivity contribution in [3.8, 4) is 11.5 Å². The average Bonchev–Trinajstić information content (AvgIpc) is 2.61. The molecule has 0 aliphatic carbocycles. The Morgan fingerprint density at radius 1 is 1.25 bits per heavy atom. The Morgan fingerprint density at radius 2 is 2.08 bits per heavy atom. The molecule has 0 saturated carbocycles. The van der Waals surface area contributed by atoms with Crippen molar-refractivity contribution in [2.75, 3.05) is 19.0 Å². The van der Waals surface area contributed by atoms with Crippen molar-refractivity contribution in [3.63, 3.8) is 0 Å². The van der Waals surface area contributed by atoms with Gasteiger partial charge >= 0.3 is 0 Å². The number of hydrogen-bond acceptors (Lipinski definition) is 4. The van der Waals surface area contributed by atoms with E-state index in [1.807, 2.05) is 48.5 Å². The van der Waals surface area contributed by atoms with Crippen molar-refractivity contribution in [2.24, 2.45) is 5.10 Å². The number of methoxy groups -OCH3 is 1. The van der Waals surface area contributed by atoms with Crippen LogP contribution in [-0.2, 0) is 0 Å². The largest absolute Gasteiger partial charge is 0.495 e. The normalized spacial score (nSPS) is 10.2. The Kier molecular flexibility index (Phi) is 6.79. The van der Waals surface area contributed by atoms with Crippen LogP contribution in [0, 0.1) is 0 Å². The van der Waals surface area contributed by atoms with Crippen molar-refractivity contribution in [1.82, 2.24) is 5.43 Å². The first kappa shape index (κ1) is 17.5. The van der Waals surface area contributed by atoms with Crippen LogP contribution in [-0.4, -0.2) is 25.0 Å². The van der Waals surface area contributed by atoms with Crippen molar-refractivity contribution >= 4 is 29.2 Å². The number of thiocarbonyl (C=S) groups is 1. The number of nitrogens with one attached hydrogen (secondary N) is 2. The molecule has 0 spiro atoms. The molecule has 0 radical (unpaired) electrons. The zero-order chi connectivity index (χ0) is 17.2. The minimum absolute atomic E-state index is 0.370. The fourth-order valence-electron chi connectivity index (χ4n) is 1.90. The molecule has 0 heterocycles. The van der Waals surface area contributed by atoms with Gasteiger partial charge in [0.2, 0.25) is 0 Å². The molecule has 2 aromatic rings. The van der Waals surface area contributed by atoms with Gasteiger partial charge in [0.1, 0.15) is 18.1 Å². The van der Waals surface area contributed by atoms with Crippen LogP contribution in [0.1, 0.15) is 5.56 Å². The van der Waals surface area contributed by atoms with Gasteiger partial charge in [-0.25, -0.2) is 0 Å². The summed E-state index contributed by atoms with van der Waals surface area (Å²) in [7, 11) is 1.61. The van der Waals surface area contributed by atoms with Gasteiger partial charge in [0.15, 0.2) is 5.11 Å². The molecular formula is C18H19N3O2S. The zero-order valence-corrected chi connectivity index (χ0v) is 14.2. The molecule has 6 heteroatoms. The number of rotatable bonds is 7. The highest BCUT2D eigenvalue weighted by Crippen LogP contribution is 2.22. The fourth-order valence-corrected chi connectivity index (χ4v) is 2.07. The summed E-state index contributed by atoms with van der Waals surface area (Å²) in [6.45, 7) is 4.09. The van der Waals surface area contributed by atoms with Gasteiger partial charge in [-0.1, -0.05) is 36.9 Å². The standard InChI is InChI=1S/C18H19N3O2S/c1-3-11-23-15-8-6-7-14(12-15)13-19-21-18(24)20-16-9-4-5-10-17(16)22-2/h3-10,12-13H,1,11H2,2H3,(H2,20,21,24)/b19-13-. The van der Waals surface area contributed by atoms with Crippen molar-refractivity contribution in [3.05, 3.63) is 66.7 Å². The molecule has 2 aromatic carbocycles. The van der Waals surface area contributed by atoms with Crippen LogP contribution < -0.4 is 20.2 Å². The van der Waals surface area contributed by atoms with Crippen molar-refractivity contribution < 1.29 is 9.47 Å². The van der Waals surface area contributed by atoms with Gasteiger partial charge < -0.3 is 14.8 Å². The van der Waals surface area contributed by atoms with Gasteiger partial charge in [0.25, 0.3) is 0 Å². The van der Waals surface area contributed by atoms with Gasteiger partial charge in [-0.2, -0.15) is 5.10 Å². The first-order chi connectivity index (χ1) is 11.7. The summed E-state index contributed by atoms with van der Waals surface area (Å²) in [6.07, 6.45) is 3.36. The summed E-state index contributed by atoms with van der Waals surface area (Å²) >= 11 is 5.21. The van der Waals surface area contributed by atoms with Crippen molar-refractivity contribution in [2.45, 2.75) is 0 Å². The molecule has 0 aromatic heterocycles. The number of nitrogens with zero attached hydrogens (tertiary/aromatic N) is 1. The molecular weight excluding hydrogens is 322 g/mol. The summed E-state index contributed by atoms with van der Waals surface area (Å²) in [5.74, 6) is 1.46. The highest BCUT2D eigenvalue weighted by molar-refractivity contribution is 7.80. The number of para-hydroxylation sites is 2. The highest BCUT2D eigenvalue weighted by atomic mass is 32.1. The van der Waals surface area contributed by atoms with Crippen LogP contribution in [0.2, 0.25) is 0 Å². The van der Waals surface area contributed by atoms with Gasteiger partial charge in [0.05, 0.1) is 19.0 Å². The monoisotopic (exact) mass is 341 g/mol. The number of anilines is 1. The molecule has 0 fully saturated rings. The van der Waals surface area contributed by atoms with E-state index in [0.717, 1.165) is 17.0 Å². The Labute approximate surface area is 147 Å². The lowest BCUT2D eigenvalue weighted by atomic mass is 10.2. The topological polar surface area (TPSA) is 54.9 Å². The third-order valence-corrected chi connectivity index (χ3v) is 3.15. The Balaban J connectivity index is 1.91. The minimum atomic E-state index is 0.370. The number of ether oxygens (including phenoxy) is 2. The number of hydrogen-bond donors (Lipinski definition) is 2. The van der Waals surface area contributed by atoms with E-state index in [1.165, 1.54) is 0 Å². The van der Waals surface area contributed by atoms with E-state index >= 15 is 0 Å². The first-order valence-corrected chi connectivity index (χ1v) is 7.70. The molecule has 0 bridgehead atoms. The average molecular weight is 341 g/mol. The number of hydrazone groups is 1. The van der Waals surface area contributed by atoms with E-state index in [9.17, 15) is 0 Å². The molecule has 0 unspecified atom stereocenters. The molecule has 124 valence electrons. The predicted octanol–water partition coefficient (Wildman–Crippen LogP) is 3.58. The second-order valence-electron chi connectivity index (χ2n) is 4.70. The van der Waals surface area contributed by atoms with Gasteiger partial charge in [-0.3, -0.25) is 5.43 Å². The highest BCUT2D eigenvalue weighted by Gasteiger charge is 2.02. The van der Waals surface area contributed by atoms with E-state index in [1.54, 1.807) is 19.4 Å². The molecule has 0 aliphatic rings. The lowest BCUT2D eigenvalue weighted by Gasteiger charge is -2.10. The van der Waals surface area contributed by atoms with Crippen LogP contribution >= 0.6 is 12.2 Å². The second-order valence-corrected chi connectivity index (χ2v) is 5.10. The molecule has 24 heavy (non-hydrogen) atoms. The Bertz CT molecular complexity index is 732. The maximum absolute atomic E-state index is 5.48. The van der Waals surface area contributed by atoms with Crippen LogP contribution in [0.4, 0.5) is 5.69 Å². The Hall–Kier alpha value is -2.86. The third-order valence-electron chi connectivity index (χ3n) is 2.96. The maximum atomic E-state index is 5.48. The molecule has 2 rings (SSSR count). The van der Waals surface area contributed by atoms with Crippen LogP contribution in [0.25, 0.3) is 0 Å². The second kappa shape index (κ2) is 9.32. The van der Waals surface area contributed by atoms with Crippen LogP contribution in [0.3, 0.4) is 0 Å². The molecule has 0 atom stereocenters. The Morgan fingerprint density at radius 3 is 2.88 bits per heavy atom. The third kappa shape index (κ3) is 5.40. The van der Waals surface area contributed by atoms with Gasteiger partial charge in [-0.15, -0.1) is 0 Å². The van der Waals surface area contributed by atoms with Gasteiger partial charge in [-0.05, 0) is 42.0 Å². The van der Waals surface area contributed by atoms with E-state index in [0.29, 0.717) is 17.5 Å². The lowest BCUT2D eigenvalue weighted by Crippen LogP contribution is -2.24. The SMILES string of the molecule is C=CCOc1cccc(/C=N\NC(=S)Nc2ccccc2OC)c1. The fraction of sp³-hybridized carbons (Fsp3) is 0.111. The van der Waals surface area contributed by atoms with Gasteiger partial charge in [0, 0.05) is 0 Å². The molecule has 5 nitrogen and oxygen atoms in total.